The number of benzene rings is 2. The summed E-state index contributed by atoms with van der Waals surface area (Å²) in [6, 6.07) is 9.02. The highest BCUT2D eigenvalue weighted by Gasteiger charge is 2.38. The Morgan fingerprint density at radius 1 is 1.09 bits per heavy atom. The van der Waals surface area contributed by atoms with Crippen molar-refractivity contribution in [2.75, 3.05) is 0 Å². The molecule has 2 aromatic carbocycles. The number of halogens is 3. The number of hydrogen-bond donors (Lipinski definition) is 0. The molecule has 0 N–H and O–H groups in total. The van der Waals surface area contributed by atoms with E-state index in [0.717, 1.165) is 12.1 Å². The summed E-state index contributed by atoms with van der Waals surface area (Å²) in [5, 5.41) is 18.5. The number of hydrogen-bond acceptors (Lipinski definition) is 8. The number of nitrogens with zero attached hydrogens (tertiary/aromatic N) is 3. The highest BCUT2D eigenvalue weighted by atomic mass is 19.4. The molecule has 3 rings (SSSR count). The van der Waals surface area contributed by atoms with Gasteiger partial charge in [-0.25, -0.2) is 4.79 Å². The van der Waals surface area contributed by atoms with Gasteiger partial charge in [-0.15, -0.1) is 10.2 Å². The number of nitro benzene ring substituents is 1. The number of rotatable bonds is 7. The normalized spacial score (nSPS) is 12.8. The van der Waals surface area contributed by atoms with Gasteiger partial charge in [0.15, 0.2) is 6.10 Å². The zero-order chi connectivity index (χ0) is 25.1. The van der Waals surface area contributed by atoms with E-state index in [-0.39, 0.29) is 28.8 Å². The first kappa shape index (κ1) is 24.7. The number of carbonyl (C=O) groups excluding carboxylic acids is 1. The van der Waals surface area contributed by atoms with E-state index in [2.05, 4.69) is 10.2 Å². The Kier molecular flexibility index (Phi) is 6.89. The van der Waals surface area contributed by atoms with Crippen LogP contribution in [0.3, 0.4) is 0 Å². The van der Waals surface area contributed by atoms with Crippen LogP contribution in [-0.2, 0) is 10.9 Å². The topological polar surface area (TPSA) is 118 Å². The lowest BCUT2D eigenvalue weighted by Gasteiger charge is -2.29. The first-order valence-electron chi connectivity index (χ1n) is 10.0. The maximum Gasteiger partial charge on any atom is 0.514 e. The van der Waals surface area contributed by atoms with Crippen molar-refractivity contribution in [2.24, 2.45) is 5.41 Å². The van der Waals surface area contributed by atoms with Crippen molar-refractivity contribution in [3.8, 4) is 17.2 Å². The molecule has 0 aliphatic rings. The summed E-state index contributed by atoms with van der Waals surface area (Å²) in [4.78, 5) is 22.6. The molecule has 0 aliphatic heterocycles. The van der Waals surface area contributed by atoms with Crippen molar-refractivity contribution in [3.05, 3.63) is 70.1 Å². The Labute approximate surface area is 191 Å². The van der Waals surface area contributed by atoms with Crippen LogP contribution >= 0.6 is 0 Å². The Morgan fingerprint density at radius 3 is 2.24 bits per heavy atom. The maximum atomic E-state index is 12.8. The van der Waals surface area contributed by atoms with Crippen molar-refractivity contribution in [1.82, 2.24) is 10.2 Å². The number of ether oxygens (including phenoxy) is 2. The van der Waals surface area contributed by atoms with Gasteiger partial charge in [-0.05, 0) is 42.8 Å². The molecule has 0 saturated heterocycles. The van der Waals surface area contributed by atoms with Crippen LogP contribution in [0.25, 0.3) is 11.5 Å². The quantitative estimate of drug-likeness (QED) is 0.166. The number of nitro groups is 1. The molecule has 3 aromatic rings. The summed E-state index contributed by atoms with van der Waals surface area (Å²) in [5.74, 6) is -0.0880. The lowest BCUT2D eigenvalue weighted by atomic mass is 9.83. The van der Waals surface area contributed by atoms with Gasteiger partial charge in [-0.3, -0.25) is 10.1 Å². The molecule has 12 heteroatoms. The molecular weight excluding hydrogens is 459 g/mol. The fraction of sp³-hybridized carbons (Fsp3) is 0.318. The van der Waals surface area contributed by atoms with Crippen LogP contribution in [0.1, 0.15) is 44.8 Å². The fourth-order valence-corrected chi connectivity index (χ4v) is 2.84. The summed E-state index contributed by atoms with van der Waals surface area (Å²) < 4.78 is 54.6. The van der Waals surface area contributed by atoms with E-state index in [1.54, 1.807) is 13.8 Å². The predicted molar refractivity (Wildman–Crippen MR) is 112 cm³/mol. The van der Waals surface area contributed by atoms with Crippen molar-refractivity contribution in [2.45, 2.75) is 39.5 Å². The lowest BCUT2D eigenvalue weighted by Crippen LogP contribution is -2.28. The van der Waals surface area contributed by atoms with Crippen LogP contribution in [0.5, 0.6) is 5.75 Å². The van der Waals surface area contributed by atoms with E-state index in [9.17, 15) is 28.1 Å². The summed E-state index contributed by atoms with van der Waals surface area (Å²) in [6.45, 7) is 5.43. The van der Waals surface area contributed by atoms with E-state index >= 15 is 0 Å². The Balaban J connectivity index is 1.80. The van der Waals surface area contributed by atoms with Gasteiger partial charge in [0, 0.05) is 23.1 Å². The molecule has 0 fully saturated rings. The van der Waals surface area contributed by atoms with Gasteiger partial charge >= 0.3 is 12.3 Å². The minimum atomic E-state index is -4.48. The van der Waals surface area contributed by atoms with E-state index in [1.165, 1.54) is 36.4 Å². The molecule has 0 spiro atoms. The molecule has 1 atom stereocenters. The second-order valence-corrected chi connectivity index (χ2v) is 7.96. The van der Waals surface area contributed by atoms with Crippen LogP contribution in [0, 0.1) is 15.5 Å². The largest absolute Gasteiger partial charge is 0.514 e. The molecule has 34 heavy (non-hydrogen) atoms. The Bertz CT molecular complexity index is 1160. The highest BCUT2D eigenvalue weighted by molar-refractivity contribution is 5.64. The van der Waals surface area contributed by atoms with E-state index in [4.69, 9.17) is 13.9 Å². The molecule has 0 unspecified atom stereocenters. The lowest BCUT2D eigenvalue weighted by molar-refractivity contribution is -0.384. The molecule has 9 nitrogen and oxygen atoms in total. The second-order valence-electron chi connectivity index (χ2n) is 7.96. The van der Waals surface area contributed by atoms with E-state index in [0.29, 0.717) is 6.42 Å². The second kappa shape index (κ2) is 9.49. The molecule has 1 heterocycles. The van der Waals surface area contributed by atoms with Crippen LogP contribution in [0.15, 0.2) is 52.9 Å². The van der Waals surface area contributed by atoms with Crippen LogP contribution in [-0.4, -0.2) is 21.3 Å². The molecule has 0 saturated carbocycles. The third-order valence-corrected chi connectivity index (χ3v) is 5.21. The molecular formula is C22H20F3N3O6. The predicted octanol–water partition coefficient (Wildman–Crippen LogP) is 6.36. The molecule has 0 radical (unpaired) electrons. The summed E-state index contributed by atoms with van der Waals surface area (Å²) in [6.07, 6.45) is -6.10. The van der Waals surface area contributed by atoms with Gasteiger partial charge in [0.05, 0.1) is 10.5 Å². The van der Waals surface area contributed by atoms with Gasteiger partial charge < -0.3 is 13.9 Å². The zero-order valence-electron chi connectivity index (χ0n) is 18.3. The first-order valence-corrected chi connectivity index (χ1v) is 10.0. The van der Waals surface area contributed by atoms with Gasteiger partial charge in [0.2, 0.25) is 5.89 Å². The fourth-order valence-electron chi connectivity index (χ4n) is 2.84. The molecule has 0 amide bonds. The Hall–Kier alpha value is -3.96. The monoisotopic (exact) mass is 479 g/mol. The van der Waals surface area contributed by atoms with Crippen molar-refractivity contribution < 1.29 is 36.8 Å². The average Bonchev–Trinajstić information content (AvgIpc) is 3.27. The number of carbonyl (C=O) groups is 1. The van der Waals surface area contributed by atoms with Crippen molar-refractivity contribution >= 4 is 11.8 Å². The molecule has 0 bridgehead atoms. The minimum absolute atomic E-state index is 0.0274. The molecule has 180 valence electrons. The van der Waals surface area contributed by atoms with Gasteiger partial charge in [-0.1, -0.05) is 20.8 Å². The first-order chi connectivity index (χ1) is 15.9. The van der Waals surface area contributed by atoms with Crippen LogP contribution < -0.4 is 4.74 Å². The van der Waals surface area contributed by atoms with Gasteiger partial charge in [-0.2, -0.15) is 13.2 Å². The smallest absolute Gasteiger partial charge is 0.420 e. The van der Waals surface area contributed by atoms with Gasteiger partial charge in [0.25, 0.3) is 11.6 Å². The highest BCUT2D eigenvalue weighted by Crippen LogP contribution is 2.40. The summed E-state index contributed by atoms with van der Waals surface area (Å²) in [5.41, 5.74) is -1.42. The minimum Gasteiger partial charge on any atom is -0.420 e. The Morgan fingerprint density at radius 2 is 1.71 bits per heavy atom. The van der Waals surface area contributed by atoms with Crippen molar-refractivity contribution in [1.29, 1.82) is 0 Å². The van der Waals surface area contributed by atoms with Crippen LogP contribution in [0.2, 0.25) is 0 Å². The maximum absolute atomic E-state index is 12.8. The molecule has 0 aliphatic carbocycles. The van der Waals surface area contributed by atoms with Crippen LogP contribution in [0.4, 0.5) is 23.7 Å². The zero-order valence-corrected chi connectivity index (χ0v) is 18.3. The number of aromatic nitrogens is 2. The standard InChI is InChI=1S/C22H20F3N3O6/c1-4-21(2,3)17(33-20(29)32-16-11-9-15(10-12-16)28(30)31)19-27-26-18(34-19)13-5-7-14(8-6-13)22(23,24)25/h5-12,17H,4H2,1-3H3/t17-/m0/s1. The number of alkyl halides is 3. The SMILES string of the molecule is CCC(C)(C)[C@@H](OC(=O)Oc1ccc([N+](=O)[O-])cc1)c1nnc(-c2ccc(C(F)(F)F)cc2)o1. The summed E-state index contributed by atoms with van der Waals surface area (Å²) >= 11 is 0. The van der Waals surface area contributed by atoms with E-state index < -0.39 is 34.3 Å². The third-order valence-electron chi connectivity index (χ3n) is 5.21. The summed E-state index contributed by atoms with van der Waals surface area (Å²) in [7, 11) is 0. The molecule has 1 aromatic heterocycles. The van der Waals surface area contributed by atoms with Gasteiger partial charge in [0.1, 0.15) is 5.75 Å². The third kappa shape index (κ3) is 5.69. The van der Waals surface area contributed by atoms with E-state index in [1.807, 2.05) is 6.92 Å². The number of non-ortho nitro benzene ring substituents is 1. The average molecular weight is 479 g/mol. The van der Waals surface area contributed by atoms with Crippen molar-refractivity contribution in [3.63, 3.8) is 0 Å².